The molecule has 0 atom stereocenters. The van der Waals surface area contributed by atoms with E-state index in [1.54, 1.807) is 11.8 Å². The molecule has 0 amide bonds. The first-order chi connectivity index (χ1) is 2.89. The Bertz CT molecular complexity index is 61.9. The van der Waals surface area contributed by atoms with Gasteiger partial charge in [-0.1, -0.05) is 6.08 Å². The molecule has 6 heavy (non-hydrogen) atoms. The van der Waals surface area contributed by atoms with Crippen LogP contribution in [0.25, 0.3) is 0 Å². The fraction of sp³-hybridized carbons (Fsp3) is 0.250. The van der Waals surface area contributed by atoms with Crippen LogP contribution in [0.5, 0.6) is 0 Å². The average molecular weight is 120 g/mol. The summed E-state index contributed by atoms with van der Waals surface area (Å²) in [5.41, 5.74) is 0. The lowest BCUT2D eigenvalue weighted by atomic mass is 10.5. The van der Waals surface area contributed by atoms with Crippen LogP contribution in [-0.2, 0) is 0 Å². The summed E-state index contributed by atoms with van der Waals surface area (Å²) in [6, 6.07) is 0. The van der Waals surface area contributed by atoms with Gasteiger partial charge in [0.05, 0.1) is 0 Å². The van der Waals surface area contributed by atoms with E-state index in [1.807, 2.05) is 11.5 Å². The molecular weight excluding hydrogens is 116 g/mol. The van der Waals surface area contributed by atoms with Crippen LogP contribution in [0.2, 0.25) is 0 Å². The van der Waals surface area contributed by atoms with E-state index in [1.165, 1.54) is 0 Å². The van der Waals surface area contributed by atoms with Crippen LogP contribution in [0.1, 0.15) is 6.42 Å². The highest BCUT2D eigenvalue weighted by atomic mass is 35.5. The normalized spacial score (nSPS) is 22.8. The van der Waals surface area contributed by atoms with E-state index in [2.05, 4.69) is 0 Å². The van der Waals surface area contributed by atoms with Gasteiger partial charge >= 0.3 is 0 Å². The first-order valence-corrected chi connectivity index (χ1v) is 2.98. The summed E-state index contributed by atoms with van der Waals surface area (Å²) in [4.78, 5) is 0. The lowest BCUT2D eigenvalue weighted by Crippen LogP contribution is -1.63. The predicted octanol–water partition coefficient (Wildman–Crippen LogP) is 2.37. The monoisotopic (exact) mass is 119 g/mol. The molecule has 0 aliphatic carbocycles. The zero-order chi connectivity index (χ0) is 4.41. The molecule has 0 unspecified atom stereocenters. The molecule has 1 aliphatic rings. The number of thioether (sulfide) groups is 1. The summed E-state index contributed by atoms with van der Waals surface area (Å²) >= 11 is 7.13. The van der Waals surface area contributed by atoms with Gasteiger partial charge in [-0.2, -0.15) is 0 Å². The molecule has 0 aromatic rings. The molecule has 33 valence electrons. The Kier molecular flexibility index (Phi) is 1.43. The van der Waals surface area contributed by atoms with Gasteiger partial charge in [0.15, 0.2) is 0 Å². The van der Waals surface area contributed by atoms with Crippen LogP contribution < -0.4 is 0 Å². The second-order valence-corrected chi connectivity index (χ2v) is 2.73. The number of hydrogen-bond donors (Lipinski definition) is 0. The van der Waals surface area contributed by atoms with Crippen molar-refractivity contribution in [1.82, 2.24) is 0 Å². The molecule has 0 aromatic carbocycles. The van der Waals surface area contributed by atoms with Gasteiger partial charge in [-0.15, -0.1) is 23.4 Å². The van der Waals surface area contributed by atoms with E-state index < -0.39 is 0 Å². The van der Waals surface area contributed by atoms with Gasteiger partial charge in [0.25, 0.3) is 0 Å². The summed E-state index contributed by atoms with van der Waals surface area (Å²) in [5.74, 6) is 0. The summed E-state index contributed by atoms with van der Waals surface area (Å²) in [6.07, 6.45) is 3.00. The Morgan fingerprint density at radius 2 is 2.67 bits per heavy atom. The Labute approximate surface area is 46.6 Å². The molecule has 0 N–H and O–H groups in total. The van der Waals surface area contributed by atoms with Gasteiger partial charge < -0.3 is 0 Å². The number of hydrogen-bond acceptors (Lipinski definition) is 1. The van der Waals surface area contributed by atoms with Crippen molar-refractivity contribution in [2.45, 2.75) is 6.42 Å². The van der Waals surface area contributed by atoms with Gasteiger partial charge in [0.1, 0.15) is 4.71 Å². The Balaban J connectivity index is 2.32. The van der Waals surface area contributed by atoms with Crippen LogP contribution in [0.15, 0.2) is 11.5 Å². The quantitative estimate of drug-likeness (QED) is 0.472. The minimum atomic E-state index is 0.951. The van der Waals surface area contributed by atoms with E-state index in [4.69, 9.17) is 11.6 Å². The topological polar surface area (TPSA) is 0 Å². The maximum atomic E-state index is 5.53. The van der Waals surface area contributed by atoms with E-state index in [0.717, 1.165) is 11.1 Å². The van der Waals surface area contributed by atoms with E-state index >= 15 is 0 Å². The second kappa shape index (κ2) is 1.90. The zero-order valence-corrected chi connectivity index (χ0v) is 4.72. The Morgan fingerprint density at radius 1 is 1.83 bits per heavy atom. The molecule has 2 heteroatoms. The largest absolute Gasteiger partial charge is 0.126 e. The van der Waals surface area contributed by atoms with Crippen molar-refractivity contribution >= 4 is 23.4 Å². The van der Waals surface area contributed by atoms with Crippen molar-refractivity contribution in [2.24, 2.45) is 0 Å². The zero-order valence-electron chi connectivity index (χ0n) is 3.15. The molecular formula is C4H4ClS. The highest BCUT2D eigenvalue weighted by Crippen LogP contribution is 2.34. The summed E-state index contributed by atoms with van der Waals surface area (Å²) in [5, 5.41) is 2.00. The highest BCUT2D eigenvalue weighted by Gasteiger charge is 2.05. The highest BCUT2D eigenvalue weighted by molar-refractivity contribution is 8.06. The smallest absolute Gasteiger partial charge is 0.108 e. The third-order valence-corrected chi connectivity index (χ3v) is 1.74. The van der Waals surface area contributed by atoms with Crippen molar-refractivity contribution in [3.63, 3.8) is 0 Å². The van der Waals surface area contributed by atoms with Gasteiger partial charge in [0.2, 0.25) is 0 Å². The summed E-state index contributed by atoms with van der Waals surface area (Å²) in [7, 11) is 0. The molecule has 0 nitrogen and oxygen atoms in total. The third-order valence-electron chi connectivity index (χ3n) is 0.570. The molecule has 1 radical (unpaired) electrons. The molecule has 0 saturated carbocycles. The van der Waals surface area contributed by atoms with Crippen molar-refractivity contribution < 1.29 is 0 Å². The molecule has 1 aliphatic heterocycles. The Hall–Kier alpha value is 0.380. The van der Waals surface area contributed by atoms with E-state index in [-0.39, 0.29) is 0 Å². The SMILES string of the molecule is Cl[C]1CC=CS1. The summed E-state index contributed by atoms with van der Waals surface area (Å²) in [6.45, 7) is 0. The minimum Gasteiger partial charge on any atom is -0.108 e. The number of allylic oxidation sites excluding steroid dienone is 1. The van der Waals surface area contributed by atoms with Crippen LogP contribution in [0, 0.1) is 4.71 Å². The van der Waals surface area contributed by atoms with Gasteiger partial charge in [-0.3, -0.25) is 0 Å². The average Bonchev–Trinajstić information content (AvgIpc) is 1.86. The molecule has 0 spiro atoms. The lowest BCUT2D eigenvalue weighted by Gasteiger charge is -1.86. The van der Waals surface area contributed by atoms with Crippen LogP contribution in [0.4, 0.5) is 0 Å². The fourth-order valence-corrected chi connectivity index (χ4v) is 1.09. The molecule has 1 rings (SSSR count). The molecule has 1 heterocycles. The van der Waals surface area contributed by atoms with Gasteiger partial charge in [-0.25, -0.2) is 0 Å². The molecule has 0 bridgehead atoms. The van der Waals surface area contributed by atoms with Crippen LogP contribution in [-0.4, -0.2) is 0 Å². The van der Waals surface area contributed by atoms with Crippen molar-refractivity contribution in [1.29, 1.82) is 0 Å². The van der Waals surface area contributed by atoms with E-state index in [0.29, 0.717) is 0 Å². The standard InChI is InChI=1S/C4H4ClS/c5-4-2-1-3-6-4/h1,3H,2H2. The van der Waals surface area contributed by atoms with Crippen molar-refractivity contribution in [2.75, 3.05) is 0 Å². The van der Waals surface area contributed by atoms with Gasteiger partial charge in [-0.05, 0) is 11.8 Å². The third kappa shape index (κ3) is 0.919. The second-order valence-electron chi connectivity index (χ2n) is 1.05. The molecule has 0 fully saturated rings. The van der Waals surface area contributed by atoms with Gasteiger partial charge in [0, 0.05) is 0 Å². The fourth-order valence-electron chi connectivity index (χ4n) is 0.311. The summed E-state index contributed by atoms with van der Waals surface area (Å²) < 4.78 is 0.981. The van der Waals surface area contributed by atoms with Crippen molar-refractivity contribution in [3.8, 4) is 0 Å². The number of rotatable bonds is 0. The minimum absolute atomic E-state index is 0.951. The van der Waals surface area contributed by atoms with Crippen molar-refractivity contribution in [3.05, 3.63) is 16.2 Å². The van der Waals surface area contributed by atoms with Crippen LogP contribution >= 0.6 is 23.4 Å². The Morgan fingerprint density at radius 3 is 2.83 bits per heavy atom. The maximum Gasteiger partial charge on any atom is 0.126 e. The molecule has 0 aromatic heterocycles. The van der Waals surface area contributed by atoms with E-state index in [9.17, 15) is 0 Å². The molecule has 0 saturated heterocycles. The lowest BCUT2D eigenvalue weighted by molar-refractivity contribution is 1.35. The first-order valence-electron chi connectivity index (χ1n) is 1.72. The predicted molar refractivity (Wildman–Crippen MR) is 30.4 cm³/mol. The first kappa shape index (κ1) is 4.54. The van der Waals surface area contributed by atoms with Crippen LogP contribution in [0.3, 0.4) is 0 Å². The maximum absolute atomic E-state index is 5.53. The number of halogens is 1.